The highest BCUT2D eigenvalue weighted by Gasteiger charge is 2.15. The summed E-state index contributed by atoms with van der Waals surface area (Å²) < 4.78 is 7.68. The molecular formula is C22H17N3O5. The van der Waals surface area contributed by atoms with Gasteiger partial charge in [-0.2, -0.15) is 0 Å². The Kier molecular flexibility index (Phi) is 5.13. The quantitative estimate of drug-likeness (QED) is 0.529. The minimum atomic E-state index is -1.08. The second kappa shape index (κ2) is 8.04. The van der Waals surface area contributed by atoms with Crippen LogP contribution in [0.5, 0.6) is 5.75 Å². The molecule has 2 heterocycles. The first-order valence-corrected chi connectivity index (χ1v) is 9.14. The molecule has 4 aromatic rings. The summed E-state index contributed by atoms with van der Waals surface area (Å²) in [6, 6.07) is 18.9. The van der Waals surface area contributed by atoms with E-state index in [1.807, 2.05) is 30.3 Å². The van der Waals surface area contributed by atoms with Gasteiger partial charge in [0.05, 0.1) is 17.6 Å². The molecule has 4 rings (SSSR count). The van der Waals surface area contributed by atoms with E-state index < -0.39 is 23.8 Å². The van der Waals surface area contributed by atoms with E-state index in [-0.39, 0.29) is 12.2 Å². The summed E-state index contributed by atoms with van der Waals surface area (Å²) in [5.41, 5.74) is 0.618. The zero-order valence-electron chi connectivity index (χ0n) is 15.8. The predicted molar refractivity (Wildman–Crippen MR) is 110 cm³/mol. The van der Waals surface area contributed by atoms with Crippen molar-refractivity contribution in [2.75, 3.05) is 6.61 Å². The molecule has 0 spiro atoms. The highest BCUT2D eigenvalue weighted by atomic mass is 16.5. The number of rotatable bonds is 6. The van der Waals surface area contributed by atoms with Crippen molar-refractivity contribution in [1.82, 2.24) is 14.1 Å². The SMILES string of the molecule is O=C(O)COc1ccc(-n2c(=O)n(Cc3ccccc3)c(=O)c3cccnc32)cc1. The van der Waals surface area contributed by atoms with Crippen molar-refractivity contribution in [1.29, 1.82) is 0 Å². The summed E-state index contributed by atoms with van der Waals surface area (Å²) in [4.78, 5) is 41.2. The molecule has 0 saturated carbocycles. The Bertz CT molecular complexity index is 1330. The second-order valence-corrected chi connectivity index (χ2v) is 6.55. The summed E-state index contributed by atoms with van der Waals surface area (Å²) in [5, 5.41) is 9.05. The van der Waals surface area contributed by atoms with Crippen LogP contribution < -0.4 is 16.0 Å². The number of pyridine rings is 1. The summed E-state index contributed by atoms with van der Waals surface area (Å²) in [6.07, 6.45) is 1.52. The van der Waals surface area contributed by atoms with Crippen LogP contribution in [0.1, 0.15) is 5.56 Å². The minimum Gasteiger partial charge on any atom is -0.482 e. The lowest BCUT2D eigenvalue weighted by atomic mass is 10.2. The molecule has 2 aromatic heterocycles. The minimum absolute atomic E-state index is 0.128. The van der Waals surface area contributed by atoms with Crippen LogP contribution in [-0.2, 0) is 11.3 Å². The van der Waals surface area contributed by atoms with E-state index in [0.717, 1.165) is 5.56 Å². The molecule has 0 radical (unpaired) electrons. The van der Waals surface area contributed by atoms with Gasteiger partial charge in [-0.1, -0.05) is 30.3 Å². The van der Waals surface area contributed by atoms with E-state index >= 15 is 0 Å². The number of aliphatic carboxylic acids is 1. The van der Waals surface area contributed by atoms with E-state index in [0.29, 0.717) is 16.8 Å². The number of ether oxygens (including phenoxy) is 1. The Morgan fingerprint density at radius 2 is 1.70 bits per heavy atom. The van der Waals surface area contributed by atoms with Crippen LogP contribution in [0.25, 0.3) is 16.7 Å². The predicted octanol–water partition coefficient (Wildman–Crippen LogP) is 2.06. The molecule has 0 amide bonds. The van der Waals surface area contributed by atoms with Crippen LogP contribution in [0.3, 0.4) is 0 Å². The highest BCUT2D eigenvalue weighted by Crippen LogP contribution is 2.17. The molecule has 0 saturated heterocycles. The number of hydrogen-bond donors (Lipinski definition) is 1. The van der Waals surface area contributed by atoms with Gasteiger partial charge in [0.1, 0.15) is 5.75 Å². The number of benzene rings is 2. The summed E-state index contributed by atoms with van der Waals surface area (Å²) >= 11 is 0. The van der Waals surface area contributed by atoms with Gasteiger partial charge in [0, 0.05) is 6.20 Å². The van der Waals surface area contributed by atoms with Crippen molar-refractivity contribution in [3.63, 3.8) is 0 Å². The van der Waals surface area contributed by atoms with Crippen LogP contribution in [0, 0.1) is 0 Å². The number of aromatic nitrogens is 3. The molecule has 0 bridgehead atoms. The molecule has 1 N–H and O–H groups in total. The first-order chi connectivity index (χ1) is 14.5. The standard InChI is InChI=1S/C22H17N3O5/c26-19(27)14-30-17-10-8-16(9-11-17)25-20-18(7-4-12-23-20)21(28)24(22(25)29)13-15-5-2-1-3-6-15/h1-12H,13-14H2,(H,26,27). The Hall–Kier alpha value is -4.20. The lowest BCUT2D eigenvalue weighted by molar-refractivity contribution is -0.139. The number of hydrogen-bond acceptors (Lipinski definition) is 5. The van der Waals surface area contributed by atoms with Gasteiger partial charge in [-0.15, -0.1) is 0 Å². The number of carboxylic acid groups (broad SMARTS) is 1. The lowest BCUT2D eigenvalue weighted by Crippen LogP contribution is -2.40. The third kappa shape index (κ3) is 3.70. The Morgan fingerprint density at radius 1 is 0.967 bits per heavy atom. The number of fused-ring (bicyclic) bond motifs is 1. The van der Waals surface area contributed by atoms with Crippen LogP contribution >= 0.6 is 0 Å². The van der Waals surface area contributed by atoms with Gasteiger partial charge in [-0.05, 0) is 42.0 Å². The van der Waals surface area contributed by atoms with Gasteiger partial charge in [0.25, 0.3) is 5.56 Å². The Morgan fingerprint density at radius 3 is 2.40 bits per heavy atom. The van der Waals surface area contributed by atoms with E-state index in [1.54, 1.807) is 36.4 Å². The van der Waals surface area contributed by atoms with Crippen molar-refractivity contribution < 1.29 is 14.6 Å². The summed E-state index contributed by atoms with van der Waals surface area (Å²) in [7, 11) is 0. The molecule has 150 valence electrons. The van der Waals surface area contributed by atoms with Gasteiger partial charge in [-0.3, -0.25) is 9.36 Å². The zero-order valence-corrected chi connectivity index (χ0v) is 15.8. The molecule has 2 aromatic carbocycles. The third-order valence-corrected chi connectivity index (χ3v) is 4.54. The average Bonchev–Trinajstić information content (AvgIpc) is 2.77. The number of carbonyl (C=O) groups is 1. The van der Waals surface area contributed by atoms with Crippen LogP contribution in [0.2, 0.25) is 0 Å². The van der Waals surface area contributed by atoms with Crippen molar-refractivity contribution in [2.24, 2.45) is 0 Å². The molecule has 0 fully saturated rings. The zero-order chi connectivity index (χ0) is 21.1. The third-order valence-electron chi connectivity index (χ3n) is 4.54. The number of nitrogens with zero attached hydrogens (tertiary/aromatic N) is 3. The van der Waals surface area contributed by atoms with Crippen LogP contribution in [-0.4, -0.2) is 31.8 Å². The van der Waals surface area contributed by atoms with E-state index in [2.05, 4.69) is 4.98 Å². The fraction of sp³-hybridized carbons (Fsp3) is 0.0909. The van der Waals surface area contributed by atoms with Crippen molar-refractivity contribution >= 4 is 17.0 Å². The normalized spacial score (nSPS) is 10.8. The maximum absolute atomic E-state index is 13.3. The van der Waals surface area contributed by atoms with Crippen molar-refractivity contribution in [2.45, 2.75) is 6.54 Å². The van der Waals surface area contributed by atoms with E-state index in [4.69, 9.17) is 9.84 Å². The summed E-state index contributed by atoms with van der Waals surface area (Å²) in [6.45, 7) is -0.338. The highest BCUT2D eigenvalue weighted by molar-refractivity contribution is 5.75. The maximum Gasteiger partial charge on any atom is 0.341 e. The number of carboxylic acids is 1. The van der Waals surface area contributed by atoms with Gasteiger partial charge in [-0.25, -0.2) is 19.1 Å². The molecule has 30 heavy (non-hydrogen) atoms. The second-order valence-electron chi connectivity index (χ2n) is 6.55. The smallest absolute Gasteiger partial charge is 0.341 e. The van der Waals surface area contributed by atoms with Crippen molar-refractivity contribution in [3.05, 3.63) is 99.3 Å². The maximum atomic E-state index is 13.3. The molecular weight excluding hydrogens is 386 g/mol. The fourth-order valence-corrected chi connectivity index (χ4v) is 3.16. The average molecular weight is 403 g/mol. The lowest BCUT2D eigenvalue weighted by Gasteiger charge is -2.14. The van der Waals surface area contributed by atoms with Gasteiger partial charge in [0.15, 0.2) is 12.3 Å². The molecule has 0 unspecified atom stereocenters. The van der Waals surface area contributed by atoms with Crippen LogP contribution in [0.15, 0.2) is 82.5 Å². The molecule has 0 aliphatic carbocycles. The van der Waals surface area contributed by atoms with Gasteiger partial charge < -0.3 is 9.84 Å². The fourth-order valence-electron chi connectivity index (χ4n) is 3.16. The van der Waals surface area contributed by atoms with Crippen molar-refractivity contribution in [3.8, 4) is 11.4 Å². The monoisotopic (exact) mass is 403 g/mol. The Balaban J connectivity index is 1.86. The van der Waals surface area contributed by atoms with Gasteiger partial charge >= 0.3 is 11.7 Å². The van der Waals surface area contributed by atoms with Gasteiger partial charge in [0.2, 0.25) is 0 Å². The Labute approximate surface area is 170 Å². The van der Waals surface area contributed by atoms with E-state index in [9.17, 15) is 14.4 Å². The van der Waals surface area contributed by atoms with Crippen LogP contribution in [0.4, 0.5) is 0 Å². The first kappa shape index (κ1) is 19.1. The molecule has 0 atom stereocenters. The summed E-state index contributed by atoms with van der Waals surface area (Å²) in [5.74, 6) is -0.734. The molecule has 0 aliphatic heterocycles. The molecule has 0 aliphatic rings. The first-order valence-electron chi connectivity index (χ1n) is 9.14. The molecule has 8 nitrogen and oxygen atoms in total. The molecule has 8 heteroatoms. The van der Waals surface area contributed by atoms with E-state index in [1.165, 1.54) is 15.3 Å². The largest absolute Gasteiger partial charge is 0.482 e. The topological polar surface area (TPSA) is 103 Å².